The zero-order valence-corrected chi connectivity index (χ0v) is 6.81. The predicted octanol–water partition coefficient (Wildman–Crippen LogP) is -0.570. The van der Waals surface area contributed by atoms with Crippen LogP contribution < -0.4 is 5.32 Å². The first-order chi connectivity index (χ1) is 5.99. The average molecular weight is 184 g/mol. The fraction of sp³-hybridized carbons (Fsp3) is 0.286. The van der Waals surface area contributed by atoms with Crippen molar-refractivity contribution in [1.82, 2.24) is 5.32 Å². The molecule has 0 saturated heterocycles. The lowest BCUT2D eigenvalue weighted by Gasteiger charge is -2.25. The van der Waals surface area contributed by atoms with E-state index in [-0.39, 0.29) is 0 Å². The predicted molar refractivity (Wildman–Crippen MR) is 43.4 cm³/mol. The summed E-state index contributed by atoms with van der Waals surface area (Å²) >= 11 is 0. The van der Waals surface area contributed by atoms with Gasteiger partial charge in [0, 0.05) is 11.9 Å². The monoisotopic (exact) mass is 184 g/mol. The van der Waals surface area contributed by atoms with Gasteiger partial charge in [0.2, 0.25) is 0 Å². The molecular weight excluding hydrogens is 176 g/mol. The molecule has 13 heavy (non-hydrogen) atoms. The highest BCUT2D eigenvalue weighted by Gasteiger charge is 2.46. The van der Waals surface area contributed by atoms with Gasteiger partial charge in [-0.3, -0.25) is 4.99 Å². The fourth-order valence-electron chi connectivity index (χ4n) is 0.945. The van der Waals surface area contributed by atoms with Gasteiger partial charge in [0.05, 0.1) is 6.21 Å². The Morgan fingerprint density at radius 2 is 2.00 bits per heavy atom. The van der Waals surface area contributed by atoms with Crippen molar-refractivity contribution in [2.45, 2.75) is 12.5 Å². The van der Waals surface area contributed by atoms with Crippen LogP contribution in [-0.4, -0.2) is 33.9 Å². The molecule has 70 valence electrons. The molecule has 1 aliphatic heterocycles. The normalized spacial score (nSPS) is 18.7. The Kier molecular flexibility index (Phi) is 2.05. The van der Waals surface area contributed by atoms with Gasteiger partial charge in [-0.15, -0.1) is 0 Å². The Labute approximate surface area is 73.6 Å². The Morgan fingerprint density at radius 1 is 1.46 bits per heavy atom. The molecule has 0 radical (unpaired) electrons. The topological polar surface area (TPSA) is 99.0 Å². The lowest BCUT2D eigenvalue weighted by Crippen LogP contribution is -2.59. The molecule has 0 saturated carbocycles. The molecule has 0 amide bonds. The van der Waals surface area contributed by atoms with Crippen LogP contribution in [-0.2, 0) is 9.59 Å². The summed E-state index contributed by atoms with van der Waals surface area (Å²) in [6.07, 6.45) is 2.20. The summed E-state index contributed by atoms with van der Waals surface area (Å²) in [6.45, 7) is 1.54. The molecular formula is C7H8N2O4. The van der Waals surface area contributed by atoms with Gasteiger partial charge in [-0.1, -0.05) is 0 Å². The van der Waals surface area contributed by atoms with Gasteiger partial charge in [-0.2, -0.15) is 0 Å². The van der Waals surface area contributed by atoms with Crippen LogP contribution in [0, 0.1) is 0 Å². The zero-order chi connectivity index (χ0) is 10.1. The van der Waals surface area contributed by atoms with E-state index in [4.69, 9.17) is 10.2 Å². The molecule has 0 unspecified atom stereocenters. The minimum Gasteiger partial charge on any atom is -0.479 e. The molecule has 1 rings (SSSR count). The molecule has 0 fully saturated rings. The number of hydrogen-bond acceptors (Lipinski definition) is 4. The molecule has 6 nitrogen and oxygen atoms in total. The molecule has 1 heterocycles. The zero-order valence-electron chi connectivity index (χ0n) is 6.81. The number of aliphatic imine (C=N–C) groups is 1. The van der Waals surface area contributed by atoms with Crippen molar-refractivity contribution in [3.05, 3.63) is 11.9 Å². The van der Waals surface area contributed by atoms with E-state index in [0.29, 0.717) is 5.70 Å². The van der Waals surface area contributed by atoms with Crippen LogP contribution in [0.3, 0.4) is 0 Å². The molecule has 0 bridgehead atoms. The average Bonchev–Trinajstić information content (AvgIpc) is 2.03. The first kappa shape index (κ1) is 9.24. The van der Waals surface area contributed by atoms with Crippen LogP contribution in [0.25, 0.3) is 0 Å². The van der Waals surface area contributed by atoms with Gasteiger partial charge in [0.15, 0.2) is 0 Å². The molecule has 0 aromatic heterocycles. The molecule has 0 aliphatic carbocycles. The number of carboxylic acid groups (broad SMARTS) is 2. The van der Waals surface area contributed by atoms with Gasteiger partial charge in [-0.25, -0.2) is 9.59 Å². The maximum atomic E-state index is 10.7. The molecule has 6 heteroatoms. The smallest absolute Gasteiger partial charge is 0.347 e. The van der Waals surface area contributed by atoms with Crippen LogP contribution in [0.2, 0.25) is 0 Å². The number of carboxylic acids is 2. The SMILES string of the molecule is CC1=CN=CC(C(=O)O)(C(=O)O)N1. The quantitative estimate of drug-likeness (QED) is 0.499. The van der Waals surface area contributed by atoms with E-state index in [0.717, 1.165) is 6.21 Å². The minimum absolute atomic E-state index is 0.396. The van der Waals surface area contributed by atoms with Crippen LogP contribution in [0.4, 0.5) is 0 Å². The number of nitrogens with zero attached hydrogens (tertiary/aromatic N) is 1. The highest BCUT2D eigenvalue weighted by atomic mass is 16.4. The van der Waals surface area contributed by atoms with E-state index in [9.17, 15) is 9.59 Å². The van der Waals surface area contributed by atoms with Gasteiger partial charge in [0.1, 0.15) is 0 Å². The van der Waals surface area contributed by atoms with Crippen LogP contribution in [0.1, 0.15) is 6.92 Å². The van der Waals surface area contributed by atoms with Crippen LogP contribution in [0.15, 0.2) is 16.9 Å². The largest absolute Gasteiger partial charge is 0.479 e. The molecule has 0 aromatic rings. The first-order valence-electron chi connectivity index (χ1n) is 3.45. The second kappa shape index (κ2) is 2.89. The van der Waals surface area contributed by atoms with E-state index in [1.165, 1.54) is 13.1 Å². The summed E-state index contributed by atoms with van der Waals surface area (Å²) in [5.41, 5.74) is -1.73. The highest BCUT2D eigenvalue weighted by Crippen LogP contribution is 2.10. The molecule has 0 aromatic carbocycles. The summed E-state index contributed by atoms with van der Waals surface area (Å²) in [7, 11) is 0. The number of carbonyl (C=O) groups is 2. The summed E-state index contributed by atoms with van der Waals surface area (Å²) in [6, 6.07) is 0. The van der Waals surface area contributed by atoms with E-state index in [1.54, 1.807) is 0 Å². The minimum atomic E-state index is -2.13. The maximum absolute atomic E-state index is 10.7. The van der Waals surface area contributed by atoms with Gasteiger partial charge >= 0.3 is 11.9 Å². The third kappa shape index (κ3) is 1.37. The van der Waals surface area contributed by atoms with E-state index in [1.807, 2.05) is 0 Å². The summed E-state index contributed by atoms with van der Waals surface area (Å²) in [5.74, 6) is -2.98. The third-order valence-electron chi connectivity index (χ3n) is 1.61. The summed E-state index contributed by atoms with van der Waals surface area (Å²) in [4.78, 5) is 24.9. The Hall–Kier alpha value is -1.85. The van der Waals surface area contributed by atoms with Crippen molar-refractivity contribution in [1.29, 1.82) is 0 Å². The first-order valence-corrected chi connectivity index (χ1v) is 3.45. The van der Waals surface area contributed by atoms with E-state index in [2.05, 4.69) is 10.3 Å². The van der Waals surface area contributed by atoms with E-state index >= 15 is 0 Å². The number of aliphatic carboxylic acids is 2. The maximum Gasteiger partial charge on any atom is 0.347 e. The molecule has 0 spiro atoms. The Morgan fingerprint density at radius 3 is 2.31 bits per heavy atom. The van der Waals surface area contributed by atoms with Crippen molar-refractivity contribution >= 4 is 18.2 Å². The Bertz CT molecular complexity index is 304. The lowest BCUT2D eigenvalue weighted by molar-refractivity contribution is -0.154. The van der Waals surface area contributed by atoms with Crippen molar-refractivity contribution in [2.75, 3.05) is 0 Å². The third-order valence-corrected chi connectivity index (χ3v) is 1.61. The second-order valence-electron chi connectivity index (χ2n) is 2.63. The van der Waals surface area contributed by atoms with E-state index < -0.39 is 17.5 Å². The van der Waals surface area contributed by atoms with Crippen LogP contribution >= 0.6 is 0 Å². The molecule has 3 N–H and O–H groups in total. The second-order valence-corrected chi connectivity index (χ2v) is 2.63. The standard InChI is InChI=1S/C7H8N2O4/c1-4-2-8-3-7(9-4,5(10)11)6(12)13/h2-3,9H,1H3,(H,10,11)(H,12,13). The highest BCUT2D eigenvalue weighted by molar-refractivity contribution is 6.19. The number of nitrogens with one attached hydrogen (secondary N) is 1. The lowest BCUT2D eigenvalue weighted by atomic mass is 10.0. The van der Waals surface area contributed by atoms with Crippen LogP contribution in [0.5, 0.6) is 0 Å². The number of allylic oxidation sites excluding steroid dienone is 1. The van der Waals surface area contributed by atoms with Crippen molar-refractivity contribution < 1.29 is 19.8 Å². The van der Waals surface area contributed by atoms with Crippen molar-refractivity contribution in [3.8, 4) is 0 Å². The Balaban J connectivity index is 3.09. The molecule has 1 aliphatic rings. The van der Waals surface area contributed by atoms with Crippen molar-refractivity contribution in [3.63, 3.8) is 0 Å². The summed E-state index contributed by atoms with van der Waals surface area (Å²) < 4.78 is 0. The van der Waals surface area contributed by atoms with Gasteiger partial charge < -0.3 is 15.5 Å². The van der Waals surface area contributed by atoms with Crippen molar-refractivity contribution in [2.24, 2.45) is 4.99 Å². The fourth-order valence-corrected chi connectivity index (χ4v) is 0.945. The van der Waals surface area contributed by atoms with Gasteiger partial charge in [-0.05, 0) is 6.92 Å². The number of rotatable bonds is 2. The summed E-state index contributed by atoms with van der Waals surface area (Å²) in [5, 5.41) is 19.8. The number of hydrogen-bond donors (Lipinski definition) is 3. The van der Waals surface area contributed by atoms with Gasteiger partial charge in [0.25, 0.3) is 5.54 Å². The molecule has 0 atom stereocenters.